The van der Waals surface area contributed by atoms with Crippen molar-refractivity contribution in [1.29, 1.82) is 0 Å². The Balaban J connectivity index is 1.02. The number of anilines is 1. The zero-order valence-electron chi connectivity index (χ0n) is 21.1. The predicted molar refractivity (Wildman–Crippen MR) is 136 cm³/mol. The van der Waals surface area contributed by atoms with Gasteiger partial charge in [-0.25, -0.2) is 14.4 Å². The SMILES string of the molecule is CCOC(=O)c1ccc(NC(=O)N2[C@H]3CC[C@H]2CC(NC(=O)NC24CC5CC(CC(C5)C2)C4)C3)cc1. The maximum atomic E-state index is 13.1. The van der Waals surface area contributed by atoms with Crippen LogP contribution in [0.3, 0.4) is 0 Å². The van der Waals surface area contributed by atoms with E-state index in [1.807, 2.05) is 4.90 Å². The average molecular weight is 495 g/mol. The van der Waals surface area contributed by atoms with Crippen LogP contribution in [0.25, 0.3) is 0 Å². The number of rotatable bonds is 5. The topological polar surface area (TPSA) is 99.8 Å². The molecule has 2 heterocycles. The van der Waals surface area contributed by atoms with Crippen molar-refractivity contribution in [3.63, 3.8) is 0 Å². The number of benzene rings is 1. The van der Waals surface area contributed by atoms with Crippen LogP contribution >= 0.6 is 0 Å². The van der Waals surface area contributed by atoms with Crippen LogP contribution in [0.4, 0.5) is 15.3 Å². The fourth-order valence-corrected chi connectivity index (χ4v) is 8.44. The summed E-state index contributed by atoms with van der Waals surface area (Å²) in [4.78, 5) is 40.0. The van der Waals surface area contributed by atoms with E-state index in [0.717, 1.165) is 62.7 Å². The van der Waals surface area contributed by atoms with Gasteiger partial charge < -0.3 is 25.6 Å². The third kappa shape index (κ3) is 4.55. The Hall–Kier alpha value is -2.77. The molecule has 2 saturated heterocycles. The van der Waals surface area contributed by atoms with Crippen LogP contribution in [0, 0.1) is 17.8 Å². The highest BCUT2D eigenvalue weighted by Gasteiger charge is 2.52. The zero-order valence-corrected chi connectivity index (χ0v) is 21.1. The van der Waals surface area contributed by atoms with E-state index in [1.165, 1.54) is 19.3 Å². The summed E-state index contributed by atoms with van der Waals surface area (Å²) in [6, 6.07) is 7.04. The number of carbonyl (C=O) groups excluding carboxylic acids is 3. The molecule has 36 heavy (non-hydrogen) atoms. The zero-order chi connectivity index (χ0) is 24.9. The Morgan fingerprint density at radius 3 is 2.06 bits per heavy atom. The second-order valence-corrected chi connectivity index (χ2v) is 12.0. The number of esters is 1. The Morgan fingerprint density at radius 1 is 0.917 bits per heavy atom. The molecule has 2 aliphatic heterocycles. The number of hydrogen-bond acceptors (Lipinski definition) is 4. The molecule has 4 aliphatic carbocycles. The first kappa shape index (κ1) is 23.6. The summed E-state index contributed by atoms with van der Waals surface area (Å²) in [5.41, 5.74) is 1.14. The molecule has 0 radical (unpaired) electrons. The summed E-state index contributed by atoms with van der Waals surface area (Å²) < 4.78 is 5.02. The average Bonchev–Trinajstić information content (AvgIpc) is 3.09. The van der Waals surface area contributed by atoms with Gasteiger partial charge in [0, 0.05) is 29.4 Å². The second-order valence-electron chi connectivity index (χ2n) is 12.0. The number of nitrogens with zero attached hydrogens (tertiary/aromatic N) is 1. The Labute approximate surface area is 212 Å². The lowest BCUT2D eigenvalue weighted by atomic mass is 9.53. The van der Waals surface area contributed by atoms with E-state index in [2.05, 4.69) is 16.0 Å². The Kier molecular flexibility index (Phi) is 6.08. The Bertz CT molecular complexity index is 976. The number of carbonyl (C=O) groups is 3. The molecule has 6 fully saturated rings. The summed E-state index contributed by atoms with van der Waals surface area (Å²) in [5, 5.41) is 9.70. The Morgan fingerprint density at radius 2 is 1.50 bits per heavy atom. The molecule has 6 aliphatic rings. The minimum Gasteiger partial charge on any atom is -0.462 e. The smallest absolute Gasteiger partial charge is 0.338 e. The van der Waals surface area contributed by atoms with Crippen LogP contribution in [-0.4, -0.2) is 53.2 Å². The number of nitrogens with one attached hydrogen (secondary N) is 3. The van der Waals surface area contributed by atoms with Gasteiger partial charge in [-0.15, -0.1) is 0 Å². The summed E-state index contributed by atoms with van der Waals surface area (Å²) in [7, 11) is 0. The van der Waals surface area contributed by atoms with Crippen molar-refractivity contribution in [2.75, 3.05) is 11.9 Å². The van der Waals surface area contributed by atoms with Crippen molar-refractivity contribution < 1.29 is 19.1 Å². The van der Waals surface area contributed by atoms with Crippen molar-refractivity contribution in [2.24, 2.45) is 17.8 Å². The molecule has 0 aromatic heterocycles. The number of piperidine rings is 1. The first-order chi connectivity index (χ1) is 17.4. The molecule has 8 heteroatoms. The summed E-state index contributed by atoms with van der Waals surface area (Å²) in [5.74, 6) is 2.04. The van der Waals surface area contributed by atoms with Crippen LogP contribution in [0.5, 0.6) is 0 Å². The van der Waals surface area contributed by atoms with Crippen molar-refractivity contribution >= 4 is 23.7 Å². The standard InChI is InChI=1S/C28H38N4O4/c1-2-36-25(33)20-3-5-21(6-4-20)30-27(35)32-23-7-8-24(32)13-22(12-23)29-26(34)31-28-14-17-9-18(15-28)11-19(10-17)16-28/h3-6,17-19,22-24H,2,7-16H2,1H3,(H,30,35)(H2,29,31,34)/t17?,18?,19?,23-,24-,28?/m0/s1. The molecule has 2 atom stereocenters. The fraction of sp³-hybridized carbons (Fsp3) is 0.679. The van der Waals surface area contributed by atoms with E-state index in [4.69, 9.17) is 4.74 Å². The van der Waals surface area contributed by atoms with E-state index < -0.39 is 0 Å². The summed E-state index contributed by atoms with van der Waals surface area (Å²) in [6.07, 6.45) is 11.1. The molecule has 194 valence electrons. The normalized spacial score (nSPS) is 35.9. The summed E-state index contributed by atoms with van der Waals surface area (Å²) in [6.45, 7) is 2.10. The molecule has 8 nitrogen and oxygen atoms in total. The van der Waals surface area contributed by atoms with Crippen molar-refractivity contribution in [3.8, 4) is 0 Å². The van der Waals surface area contributed by atoms with Crippen molar-refractivity contribution in [1.82, 2.24) is 15.5 Å². The van der Waals surface area contributed by atoms with Gasteiger partial charge in [-0.05, 0) is 113 Å². The number of ether oxygens (including phenoxy) is 1. The first-order valence-corrected chi connectivity index (χ1v) is 13.8. The molecule has 1 aromatic carbocycles. The van der Waals surface area contributed by atoms with Crippen LogP contribution in [-0.2, 0) is 4.74 Å². The molecular formula is C28H38N4O4. The fourth-order valence-electron chi connectivity index (χ4n) is 8.44. The third-order valence-corrected chi connectivity index (χ3v) is 9.37. The van der Waals surface area contributed by atoms with E-state index in [9.17, 15) is 14.4 Å². The van der Waals surface area contributed by atoms with Gasteiger partial charge in [0.25, 0.3) is 0 Å². The van der Waals surface area contributed by atoms with Gasteiger partial charge in [0.1, 0.15) is 0 Å². The van der Waals surface area contributed by atoms with Crippen LogP contribution in [0.15, 0.2) is 24.3 Å². The lowest BCUT2D eigenvalue weighted by Crippen LogP contribution is -2.63. The number of fused-ring (bicyclic) bond motifs is 2. The molecular weight excluding hydrogens is 456 g/mol. The maximum Gasteiger partial charge on any atom is 0.338 e. The lowest BCUT2D eigenvalue weighted by Gasteiger charge is -2.56. The number of amides is 4. The van der Waals surface area contributed by atoms with Gasteiger partial charge in [-0.1, -0.05) is 0 Å². The molecule has 1 aromatic rings. The quantitative estimate of drug-likeness (QED) is 0.519. The van der Waals surface area contributed by atoms with E-state index in [0.29, 0.717) is 17.9 Å². The van der Waals surface area contributed by atoms with E-state index >= 15 is 0 Å². The highest BCUT2D eigenvalue weighted by molar-refractivity contribution is 5.92. The number of hydrogen-bond donors (Lipinski definition) is 3. The van der Waals surface area contributed by atoms with Crippen LogP contribution < -0.4 is 16.0 Å². The minimum absolute atomic E-state index is 0.0130. The predicted octanol–water partition coefficient (Wildman–Crippen LogP) is 4.66. The van der Waals surface area contributed by atoms with Crippen molar-refractivity contribution in [3.05, 3.63) is 29.8 Å². The molecule has 0 spiro atoms. The highest BCUT2D eigenvalue weighted by atomic mass is 16.5. The monoisotopic (exact) mass is 494 g/mol. The van der Waals surface area contributed by atoms with E-state index in [1.54, 1.807) is 31.2 Å². The molecule has 6 bridgehead atoms. The highest BCUT2D eigenvalue weighted by Crippen LogP contribution is 2.55. The molecule has 4 saturated carbocycles. The number of urea groups is 2. The molecule has 7 rings (SSSR count). The minimum atomic E-state index is -0.366. The molecule has 0 unspecified atom stereocenters. The largest absolute Gasteiger partial charge is 0.462 e. The molecule has 4 amide bonds. The third-order valence-electron chi connectivity index (χ3n) is 9.37. The van der Waals surface area contributed by atoms with Crippen molar-refractivity contribution in [2.45, 2.75) is 94.8 Å². The first-order valence-electron chi connectivity index (χ1n) is 13.8. The van der Waals surface area contributed by atoms with Crippen LogP contribution in [0.1, 0.15) is 81.5 Å². The molecule has 3 N–H and O–H groups in total. The van der Waals surface area contributed by atoms with Gasteiger partial charge in [0.2, 0.25) is 0 Å². The van der Waals surface area contributed by atoms with Gasteiger partial charge in [-0.3, -0.25) is 0 Å². The second kappa shape index (κ2) is 9.27. The van der Waals surface area contributed by atoms with E-state index in [-0.39, 0.29) is 41.7 Å². The van der Waals surface area contributed by atoms with Crippen LogP contribution in [0.2, 0.25) is 0 Å². The van der Waals surface area contributed by atoms with Gasteiger partial charge in [-0.2, -0.15) is 0 Å². The van der Waals surface area contributed by atoms with Gasteiger partial charge >= 0.3 is 18.0 Å². The maximum absolute atomic E-state index is 13.1. The van der Waals surface area contributed by atoms with Gasteiger partial charge in [0.15, 0.2) is 0 Å². The van der Waals surface area contributed by atoms with Gasteiger partial charge in [0.05, 0.1) is 12.2 Å². The summed E-state index contributed by atoms with van der Waals surface area (Å²) >= 11 is 0. The lowest BCUT2D eigenvalue weighted by molar-refractivity contribution is -0.0138.